The number of rotatable bonds is 8. The third-order valence-electron chi connectivity index (χ3n) is 4.01. The smallest absolute Gasteiger partial charge is 0.337 e. The van der Waals surface area contributed by atoms with Gasteiger partial charge in [-0.3, -0.25) is 4.79 Å². The van der Waals surface area contributed by atoms with Crippen LogP contribution in [-0.4, -0.2) is 42.0 Å². The van der Waals surface area contributed by atoms with Gasteiger partial charge < -0.3 is 20.1 Å². The molecule has 0 atom stereocenters. The third kappa shape index (κ3) is 5.71. The summed E-state index contributed by atoms with van der Waals surface area (Å²) in [5.41, 5.74) is 2.66. The molecule has 0 radical (unpaired) electrons. The highest BCUT2D eigenvalue weighted by Crippen LogP contribution is 2.28. The zero-order chi connectivity index (χ0) is 21.5. The Morgan fingerprint density at radius 1 is 1.10 bits per heavy atom. The molecule has 8 nitrogen and oxygen atoms in total. The SMILES string of the molecule is COC(=O)c1ccc(C)c(NC(=O)CSc2nnc(Nc3ccc(OC)cc3)s2)c1. The number of methoxy groups -OCH3 is 2. The Morgan fingerprint density at radius 3 is 2.57 bits per heavy atom. The quantitative estimate of drug-likeness (QED) is 0.395. The lowest BCUT2D eigenvalue weighted by Crippen LogP contribution is -2.15. The van der Waals surface area contributed by atoms with Gasteiger partial charge in [-0.25, -0.2) is 4.79 Å². The number of anilines is 3. The van der Waals surface area contributed by atoms with Crippen molar-refractivity contribution < 1.29 is 19.1 Å². The minimum absolute atomic E-state index is 0.166. The molecule has 156 valence electrons. The standard InChI is InChI=1S/C20H20N4O4S2/c1-12-4-5-13(18(26)28-3)10-16(12)22-17(25)11-29-20-24-23-19(30-20)21-14-6-8-15(27-2)9-7-14/h4-10H,11H2,1-3H3,(H,21,23)(H,22,25). The maximum Gasteiger partial charge on any atom is 0.337 e. The summed E-state index contributed by atoms with van der Waals surface area (Å²) in [6.45, 7) is 1.85. The predicted octanol–water partition coefficient (Wildman–Crippen LogP) is 4.12. The largest absolute Gasteiger partial charge is 0.497 e. The first-order chi connectivity index (χ1) is 14.5. The average Bonchev–Trinajstić information content (AvgIpc) is 3.21. The summed E-state index contributed by atoms with van der Waals surface area (Å²) in [6, 6.07) is 12.5. The van der Waals surface area contributed by atoms with Crippen molar-refractivity contribution in [3.8, 4) is 5.75 Å². The van der Waals surface area contributed by atoms with Crippen LogP contribution >= 0.6 is 23.1 Å². The molecule has 0 aliphatic carbocycles. The van der Waals surface area contributed by atoms with E-state index in [2.05, 4.69) is 20.8 Å². The maximum absolute atomic E-state index is 12.3. The highest BCUT2D eigenvalue weighted by atomic mass is 32.2. The van der Waals surface area contributed by atoms with Gasteiger partial charge in [0.1, 0.15) is 5.75 Å². The van der Waals surface area contributed by atoms with Gasteiger partial charge in [-0.1, -0.05) is 29.2 Å². The number of benzene rings is 2. The highest BCUT2D eigenvalue weighted by Gasteiger charge is 2.12. The van der Waals surface area contributed by atoms with Crippen molar-refractivity contribution >= 4 is 51.5 Å². The number of nitrogens with one attached hydrogen (secondary N) is 2. The Balaban J connectivity index is 1.54. The van der Waals surface area contributed by atoms with Gasteiger partial charge in [-0.05, 0) is 48.9 Å². The molecule has 1 amide bonds. The highest BCUT2D eigenvalue weighted by molar-refractivity contribution is 8.01. The van der Waals surface area contributed by atoms with Gasteiger partial charge in [0.05, 0.1) is 25.5 Å². The fourth-order valence-corrected chi connectivity index (χ4v) is 4.00. The van der Waals surface area contributed by atoms with E-state index < -0.39 is 5.97 Å². The molecule has 0 fully saturated rings. The molecule has 2 N–H and O–H groups in total. The van der Waals surface area contributed by atoms with Crippen molar-refractivity contribution in [1.82, 2.24) is 10.2 Å². The number of carbonyl (C=O) groups excluding carboxylic acids is 2. The summed E-state index contributed by atoms with van der Waals surface area (Å²) >= 11 is 2.64. The summed E-state index contributed by atoms with van der Waals surface area (Å²) < 4.78 is 10.5. The van der Waals surface area contributed by atoms with Crippen LogP contribution in [0.25, 0.3) is 0 Å². The molecule has 2 aromatic carbocycles. The molecule has 0 saturated heterocycles. The minimum atomic E-state index is -0.453. The van der Waals surface area contributed by atoms with Crippen LogP contribution in [0.5, 0.6) is 5.75 Å². The Morgan fingerprint density at radius 2 is 1.87 bits per heavy atom. The summed E-state index contributed by atoms with van der Waals surface area (Å²) in [4.78, 5) is 24.0. The predicted molar refractivity (Wildman–Crippen MR) is 118 cm³/mol. The molecule has 0 aliphatic heterocycles. The first kappa shape index (κ1) is 21.6. The van der Waals surface area contributed by atoms with E-state index >= 15 is 0 Å². The molecule has 10 heteroatoms. The van der Waals surface area contributed by atoms with E-state index in [1.54, 1.807) is 25.3 Å². The van der Waals surface area contributed by atoms with E-state index in [1.165, 1.54) is 30.2 Å². The molecule has 0 unspecified atom stereocenters. The molecular weight excluding hydrogens is 424 g/mol. The fraction of sp³-hybridized carbons (Fsp3) is 0.200. The second-order valence-electron chi connectivity index (χ2n) is 6.08. The minimum Gasteiger partial charge on any atom is -0.497 e. The molecule has 30 heavy (non-hydrogen) atoms. The molecule has 1 aromatic heterocycles. The van der Waals surface area contributed by atoms with E-state index in [4.69, 9.17) is 9.47 Å². The van der Waals surface area contributed by atoms with Crippen molar-refractivity contribution in [2.45, 2.75) is 11.3 Å². The monoisotopic (exact) mass is 444 g/mol. The van der Waals surface area contributed by atoms with Crippen LogP contribution in [-0.2, 0) is 9.53 Å². The Bertz CT molecular complexity index is 1040. The van der Waals surface area contributed by atoms with E-state index in [1.807, 2.05) is 31.2 Å². The average molecular weight is 445 g/mol. The van der Waals surface area contributed by atoms with Crippen LogP contribution in [0, 0.1) is 6.92 Å². The lowest BCUT2D eigenvalue weighted by atomic mass is 10.1. The molecular formula is C20H20N4O4S2. The summed E-state index contributed by atoms with van der Waals surface area (Å²) in [7, 11) is 2.93. The number of hydrogen-bond donors (Lipinski definition) is 2. The van der Waals surface area contributed by atoms with Crippen LogP contribution in [0.4, 0.5) is 16.5 Å². The lowest BCUT2D eigenvalue weighted by molar-refractivity contribution is -0.113. The zero-order valence-electron chi connectivity index (χ0n) is 16.6. The van der Waals surface area contributed by atoms with Crippen LogP contribution in [0.3, 0.4) is 0 Å². The maximum atomic E-state index is 12.3. The third-order valence-corrected chi connectivity index (χ3v) is 5.98. The number of nitrogens with zero attached hydrogens (tertiary/aromatic N) is 2. The number of ether oxygens (including phenoxy) is 2. The Labute approximate surface area is 182 Å². The molecule has 0 spiro atoms. The van der Waals surface area contributed by atoms with Crippen LogP contribution in [0.15, 0.2) is 46.8 Å². The van der Waals surface area contributed by atoms with Crippen LogP contribution in [0.1, 0.15) is 15.9 Å². The van der Waals surface area contributed by atoms with Gasteiger partial charge in [0.15, 0.2) is 4.34 Å². The number of hydrogen-bond acceptors (Lipinski definition) is 9. The number of carbonyl (C=O) groups is 2. The Kier molecular flexibility index (Phi) is 7.26. The topological polar surface area (TPSA) is 102 Å². The van der Waals surface area contributed by atoms with E-state index in [0.29, 0.717) is 20.7 Å². The van der Waals surface area contributed by atoms with Gasteiger partial charge in [-0.15, -0.1) is 10.2 Å². The fourth-order valence-electron chi connectivity index (χ4n) is 2.43. The Hall–Kier alpha value is -3.11. The van der Waals surface area contributed by atoms with E-state index in [9.17, 15) is 9.59 Å². The summed E-state index contributed by atoms with van der Waals surface area (Å²) in [6.07, 6.45) is 0. The van der Waals surface area contributed by atoms with Gasteiger partial charge in [0, 0.05) is 11.4 Å². The molecule has 0 saturated carbocycles. The van der Waals surface area contributed by atoms with Crippen molar-refractivity contribution in [1.29, 1.82) is 0 Å². The van der Waals surface area contributed by atoms with E-state index in [0.717, 1.165) is 17.0 Å². The number of aryl methyl sites for hydroxylation is 1. The lowest BCUT2D eigenvalue weighted by Gasteiger charge is -2.09. The van der Waals surface area contributed by atoms with Crippen LogP contribution < -0.4 is 15.4 Å². The summed E-state index contributed by atoms with van der Waals surface area (Å²) in [5, 5.41) is 14.8. The van der Waals surface area contributed by atoms with Crippen molar-refractivity contribution in [3.63, 3.8) is 0 Å². The zero-order valence-corrected chi connectivity index (χ0v) is 18.2. The normalized spacial score (nSPS) is 10.4. The van der Waals surface area contributed by atoms with Gasteiger partial charge in [-0.2, -0.15) is 0 Å². The van der Waals surface area contributed by atoms with Gasteiger partial charge in [0.2, 0.25) is 11.0 Å². The molecule has 0 aliphatic rings. The number of amides is 1. The first-order valence-electron chi connectivity index (χ1n) is 8.84. The molecule has 0 bridgehead atoms. The first-order valence-corrected chi connectivity index (χ1v) is 10.6. The molecule has 1 heterocycles. The van der Waals surface area contributed by atoms with Crippen LogP contribution in [0.2, 0.25) is 0 Å². The molecule has 3 rings (SSSR count). The van der Waals surface area contributed by atoms with Crippen molar-refractivity contribution in [2.24, 2.45) is 0 Å². The number of aromatic nitrogens is 2. The molecule has 3 aromatic rings. The van der Waals surface area contributed by atoms with Gasteiger partial charge in [0.25, 0.3) is 0 Å². The summed E-state index contributed by atoms with van der Waals surface area (Å²) in [5.74, 6) is 0.280. The van der Waals surface area contributed by atoms with Crippen molar-refractivity contribution in [3.05, 3.63) is 53.6 Å². The van der Waals surface area contributed by atoms with Crippen molar-refractivity contribution in [2.75, 3.05) is 30.6 Å². The second kappa shape index (κ2) is 10.1. The second-order valence-corrected chi connectivity index (χ2v) is 8.28. The number of thioether (sulfide) groups is 1. The number of esters is 1. The van der Waals surface area contributed by atoms with E-state index in [-0.39, 0.29) is 11.7 Å². The van der Waals surface area contributed by atoms with Gasteiger partial charge >= 0.3 is 5.97 Å².